The zero-order valence-electron chi connectivity index (χ0n) is 13.4. The number of aliphatic imine (C=N–C) groups is 1. The predicted octanol–water partition coefficient (Wildman–Crippen LogP) is 2.14. The van der Waals surface area contributed by atoms with E-state index in [0.29, 0.717) is 31.2 Å². The Morgan fingerprint density at radius 3 is 2.76 bits per heavy atom. The molecule has 1 saturated carbocycles. The minimum absolute atomic E-state index is 0.0583. The van der Waals surface area contributed by atoms with Crippen LogP contribution in [0.3, 0.4) is 0 Å². The standard InChI is InChI=1S/C16H17N3O6/c20-14-8-25-15-12(18-14)5-9(6-13(15)19(23)24)7-17-11-3-1-10(2-4-11)16(21)22/h5-6,10H,1-4,7-8H2,(H,18,20)(H,21,22). The van der Waals surface area contributed by atoms with Gasteiger partial charge in [0.25, 0.3) is 5.91 Å². The van der Waals surface area contributed by atoms with Gasteiger partial charge in [-0.2, -0.15) is 0 Å². The molecule has 1 aliphatic carbocycles. The fourth-order valence-electron chi connectivity index (χ4n) is 3.03. The van der Waals surface area contributed by atoms with Gasteiger partial charge in [0, 0.05) is 11.8 Å². The molecule has 9 heteroatoms. The lowest BCUT2D eigenvalue weighted by Gasteiger charge is -2.20. The van der Waals surface area contributed by atoms with Crippen molar-refractivity contribution in [3.8, 4) is 5.75 Å². The van der Waals surface area contributed by atoms with Crippen LogP contribution in [0.4, 0.5) is 11.4 Å². The molecule has 1 amide bonds. The number of nitrogens with one attached hydrogen (secondary N) is 1. The van der Waals surface area contributed by atoms with Crippen molar-refractivity contribution in [2.45, 2.75) is 32.2 Å². The molecule has 1 fully saturated rings. The minimum Gasteiger partial charge on any atom is -0.481 e. The molecular weight excluding hydrogens is 330 g/mol. The molecule has 1 aliphatic heterocycles. The zero-order valence-corrected chi connectivity index (χ0v) is 13.4. The number of carboxylic acids is 1. The first-order valence-electron chi connectivity index (χ1n) is 7.93. The van der Waals surface area contributed by atoms with E-state index in [4.69, 9.17) is 9.84 Å². The third-order valence-corrected chi connectivity index (χ3v) is 4.34. The van der Waals surface area contributed by atoms with Gasteiger partial charge in [-0.1, -0.05) is 0 Å². The molecule has 0 atom stereocenters. The summed E-state index contributed by atoms with van der Waals surface area (Å²) in [5, 5.41) is 22.8. The van der Waals surface area contributed by atoms with Crippen LogP contribution < -0.4 is 10.1 Å². The smallest absolute Gasteiger partial charge is 0.313 e. The molecule has 9 nitrogen and oxygen atoms in total. The van der Waals surface area contributed by atoms with Crippen LogP contribution in [-0.4, -0.2) is 34.2 Å². The third-order valence-electron chi connectivity index (χ3n) is 4.34. The van der Waals surface area contributed by atoms with E-state index < -0.39 is 10.9 Å². The molecular formula is C16H17N3O6. The predicted molar refractivity (Wildman–Crippen MR) is 88.0 cm³/mol. The van der Waals surface area contributed by atoms with Gasteiger partial charge in [-0.15, -0.1) is 0 Å². The van der Waals surface area contributed by atoms with Crippen molar-refractivity contribution in [3.05, 3.63) is 27.8 Å². The van der Waals surface area contributed by atoms with Gasteiger partial charge in [0.1, 0.15) is 0 Å². The Hall–Kier alpha value is -2.97. The molecule has 132 valence electrons. The number of anilines is 1. The zero-order chi connectivity index (χ0) is 18.0. The molecule has 0 radical (unpaired) electrons. The molecule has 1 aromatic carbocycles. The van der Waals surface area contributed by atoms with Crippen LogP contribution in [0, 0.1) is 16.0 Å². The number of carbonyl (C=O) groups is 2. The van der Waals surface area contributed by atoms with Crippen LogP contribution in [0.5, 0.6) is 5.75 Å². The number of rotatable bonds is 4. The maximum atomic E-state index is 11.4. The number of carboxylic acid groups (broad SMARTS) is 1. The summed E-state index contributed by atoms with van der Waals surface area (Å²) in [6.45, 7) is -0.0166. The molecule has 1 aromatic rings. The summed E-state index contributed by atoms with van der Waals surface area (Å²) in [6, 6.07) is 3.01. The van der Waals surface area contributed by atoms with Gasteiger partial charge in [0.2, 0.25) is 5.75 Å². The summed E-state index contributed by atoms with van der Waals surface area (Å²) in [5.74, 6) is -1.41. The number of benzene rings is 1. The quantitative estimate of drug-likeness (QED) is 0.633. The number of fused-ring (bicyclic) bond motifs is 1. The highest BCUT2D eigenvalue weighted by Gasteiger charge is 2.27. The maximum absolute atomic E-state index is 11.4. The number of ether oxygens (including phenoxy) is 1. The van der Waals surface area contributed by atoms with Crippen LogP contribution in [0.15, 0.2) is 17.1 Å². The van der Waals surface area contributed by atoms with E-state index in [1.54, 1.807) is 6.07 Å². The lowest BCUT2D eigenvalue weighted by atomic mass is 9.88. The summed E-state index contributed by atoms with van der Waals surface area (Å²) in [4.78, 5) is 37.5. The van der Waals surface area contributed by atoms with Gasteiger partial charge < -0.3 is 15.2 Å². The number of hydrogen-bond acceptors (Lipinski definition) is 6. The number of nitro groups is 1. The van der Waals surface area contributed by atoms with Crippen LogP contribution >= 0.6 is 0 Å². The minimum atomic E-state index is -0.778. The monoisotopic (exact) mass is 347 g/mol. The second kappa shape index (κ2) is 6.88. The van der Waals surface area contributed by atoms with E-state index in [0.717, 1.165) is 5.71 Å². The molecule has 0 unspecified atom stereocenters. The number of carbonyl (C=O) groups excluding carboxylic acids is 1. The van der Waals surface area contributed by atoms with Gasteiger partial charge in [0.15, 0.2) is 6.61 Å². The van der Waals surface area contributed by atoms with Crippen molar-refractivity contribution in [3.63, 3.8) is 0 Å². The van der Waals surface area contributed by atoms with Crippen molar-refractivity contribution in [1.82, 2.24) is 0 Å². The Morgan fingerprint density at radius 2 is 2.12 bits per heavy atom. The summed E-state index contributed by atoms with van der Waals surface area (Å²) in [5.41, 5.74) is 1.57. The topological polar surface area (TPSA) is 131 Å². The number of amides is 1. The number of nitro benzene ring substituents is 1. The Labute approximate surface area is 142 Å². The molecule has 2 N–H and O–H groups in total. The summed E-state index contributed by atoms with van der Waals surface area (Å²) in [6.07, 6.45) is 2.35. The fraction of sp³-hybridized carbons (Fsp3) is 0.438. The van der Waals surface area contributed by atoms with Crippen molar-refractivity contribution in [2.75, 3.05) is 11.9 Å². The first kappa shape index (κ1) is 16.9. The highest BCUT2D eigenvalue weighted by Crippen LogP contribution is 2.38. The largest absolute Gasteiger partial charge is 0.481 e. The Kier molecular flexibility index (Phi) is 4.64. The molecule has 1 heterocycles. The third kappa shape index (κ3) is 3.76. The van der Waals surface area contributed by atoms with Crippen LogP contribution in [-0.2, 0) is 16.1 Å². The Balaban J connectivity index is 1.77. The summed E-state index contributed by atoms with van der Waals surface area (Å²) >= 11 is 0. The fourth-order valence-corrected chi connectivity index (χ4v) is 3.03. The SMILES string of the molecule is O=C1COc2c(cc(CN=C3CCC(C(=O)O)CC3)cc2[N+](=O)[O-])N1. The van der Waals surface area contributed by atoms with E-state index in [-0.39, 0.29) is 42.1 Å². The lowest BCUT2D eigenvalue weighted by Crippen LogP contribution is -2.26. The van der Waals surface area contributed by atoms with E-state index in [1.807, 2.05) is 0 Å². The van der Waals surface area contributed by atoms with Crippen LogP contribution in [0.25, 0.3) is 0 Å². The maximum Gasteiger partial charge on any atom is 0.313 e. The van der Waals surface area contributed by atoms with Gasteiger partial charge in [-0.25, -0.2) is 0 Å². The second-order valence-corrected chi connectivity index (χ2v) is 6.08. The molecule has 0 bridgehead atoms. The van der Waals surface area contributed by atoms with E-state index in [1.165, 1.54) is 6.07 Å². The highest BCUT2D eigenvalue weighted by molar-refractivity contribution is 5.96. The Bertz CT molecular complexity index is 763. The Morgan fingerprint density at radius 1 is 1.40 bits per heavy atom. The highest BCUT2D eigenvalue weighted by atomic mass is 16.6. The summed E-state index contributed by atoms with van der Waals surface area (Å²) in [7, 11) is 0. The number of aliphatic carboxylic acids is 1. The van der Waals surface area contributed by atoms with Crippen molar-refractivity contribution >= 4 is 29.0 Å². The molecule has 3 rings (SSSR count). The molecule has 0 aromatic heterocycles. The van der Waals surface area contributed by atoms with Crippen LogP contribution in [0.2, 0.25) is 0 Å². The van der Waals surface area contributed by atoms with Crippen molar-refractivity contribution < 1.29 is 24.4 Å². The van der Waals surface area contributed by atoms with E-state index in [9.17, 15) is 19.7 Å². The van der Waals surface area contributed by atoms with Crippen LogP contribution in [0.1, 0.15) is 31.2 Å². The molecule has 25 heavy (non-hydrogen) atoms. The van der Waals surface area contributed by atoms with E-state index >= 15 is 0 Å². The molecule has 0 saturated heterocycles. The average molecular weight is 347 g/mol. The lowest BCUT2D eigenvalue weighted by molar-refractivity contribution is -0.385. The first-order valence-corrected chi connectivity index (χ1v) is 7.93. The van der Waals surface area contributed by atoms with Gasteiger partial charge in [-0.3, -0.25) is 24.7 Å². The summed E-state index contributed by atoms with van der Waals surface area (Å²) < 4.78 is 5.17. The van der Waals surface area contributed by atoms with Gasteiger partial charge >= 0.3 is 11.7 Å². The van der Waals surface area contributed by atoms with Crippen molar-refractivity contribution in [2.24, 2.45) is 10.9 Å². The van der Waals surface area contributed by atoms with Gasteiger partial charge in [0.05, 0.1) is 23.1 Å². The second-order valence-electron chi connectivity index (χ2n) is 6.08. The van der Waals surface area contributed by atoms with Crippen molar-refractivity contribution in [1.29, 1.82) is 0 Å². The average Bonchev–Trinajstić information content (AvgIpc) is 2.59. The number of nitrogens with zero attached hydrogens (tertiary/aromatic N) is 2. The molecule has 2 aliphatic rings. The van der Waals surface area contributed by atoms with E-state index in [2.05, 4.69) is 10.3 Å². The molecule has 0 spiro atoms. The van der Waals surface area contributed by atoms with Gasteiger partial charge in [-0.05, 0) is 37.3 Å². The number of hydrogen-bond donors (Lipinski definition) is 2. The first-order chi connectivity index (χ1) is 11.9. The normalized spacial score (nSPS) is 19.4.